The third kappa shape index (κ3) is 3.21. The summed E-state index contributed by atoms with van der Waals surface area (Å²) in [5.74, 6) is 0.667. The molecule has 1 aliphatic heterocycles. The van der Waals surface area contributed by atoms with E-state index in [1.54, 1.807) is 24.3 Å². The van der Waals surface area contributed by atoms with Gasteiger partial charge in [-0.3, -0.25) is 0 Å². The van der Waals surface area contributed by atoms with Gasteiger partial charge < -0.3 is 14.7 Å². The Hall–Kier alpha value is -2.51. The Morgan fingerprint density at radius 2 is 1.95 bits per heavy atom. The molecule has 1 aliphatic rings. The highest BCUT2D eigenvalue weighted by Gasteiger charge is 2.20. The number of anilines is 1. The van der Waals surface area contributed by atoms with E-state index in [-0.39, 0.29) is 6.61 Å². The second kappa shape index (κ2) is 6.50. The van der Waals surface area contributed by atoms with Crippen LogP contribution in [0.2, 0.25) is 0 Å². The van der Waals surface area contributed by atoms with Crippen LogP contribution in [0.1, 0.15) is 11.1 Å². The molecular formula is C18H18N2O2. The number of aliphatic hydroxyl groups excluding tert-OH is 1. The van der Waals surface area contributed by atoms with Crippen LogP contribution in [0.4, 0.5) is 5.69 Å². The third-order valence-electron chi connectivity index (χ3n) is 3.84. The molecule has 1 heterocycles. The van der Waals surface area contributed by atoms with Gasteiger partial charge in [0.1, 0.15) is 18.5 Å². The van der Waals surface area contributed by atoms with Gasteiger partial charge in [0.25, 0.3) is 0 Å². The first-order valence-corrected chi connectivity index (χ1v) is 7.40. The molecule has 0 unspecified atom stereocenters. The van der Waals surface area contributed by atoms with Crippen LogP contribution < -0.4 is 9.64 Å². The minimum atomic E-state index is -0.554. The molecule has 1 N–H and O–H groups in total. The number of aliphatic hydroxyl groups is 1. The average molecular weight is 294 g/mol. The molecule has 22 heavy (non-hydrogen) atoms. The molecule has 0 amide bonds. The van der Waals surface area contributed by atoms with Crippen molar-refractivity contribution < 1.29 is 9.84 Å². The van der Waals surface area contributed by atoms with Crippen molar-refractivity contribution in [1.29, 1.82) is 5.26 Å². The van der Waals surface area contributed by atoms with Crippen molar-refractivity contribution in [2.75, 3.05) is 24.6 Å². The Balaban J connectivity index is 1.53. The molecule has 2 aromatic rings. The summed E-state index contributed by atoms with van der Waals surface area (Å²) in [6.07, 6.45) is 0.473. The first kappa shape index (κ1) is 14.4. The summed E-state index contributed by atoms with van der Waals surface area (Å²) in [4.78, 5) is 2.20. The number of para-hydroxylation sites is 1. The number of β-amino-alcohol motifs (C(OH)–C–C–N with tert-alkyl or cyclic N) is 1. The number of ether oxygens (including phenoxy) is 1. The lowest BCUT2D eigenvalue weighted by molar-refractivity contribution is 0.112. The zero-order chi connectivity index (χ0) is 15.4. The van der Waals surface area contributed by atoms with Crippen LogP contribution in [0.5, 0.6) is 5.75 Å². The molecule has 0 radical (unpaired) electrons. The third-order valence-corrected chi connectivity index (χ3v) is 3.84. The highest BCUT2D eigenvalue weighted by Crippen LogP contribution is 2.27. The highest BCUT2D eigenvalue weighted by atomic mass is 16.5. The summed E-state index contributed by atoms with van der Waals surface area (Å²) in [7, 11) is 0. The molecule has 112 valence electrons. The monoisotopic (exact) mass is 294 g/mol. The van der Waals surface area contributed by atoms with Crippen molar-refractivity contribution in [3.63, 3.8) is 0 Å². The van der Waals surface area contributed by atoms with Crippen LogP contribution >= 0.6 is 0 Å². The van der Waals surface area contributed by atoms with Crippen LogP contribution in [0, 0.1) is 11.3 Å². The second-order valence-corrected chi connectivity index (χ2v) is 5.43. The standard InChI is InChI=1S/C18H18N2O2/c19-11-14-5-7-17(8-6-14)22-13-16(21)12-20-10-9-15-3-1-2-4-18(15)20/h1-8,16,21H,9-10,12-13H2/t16-/m0/s1. The molecule has 4 heteroatoms. The summed E-state index contributed by atoms with van der Waals surface area (Å²) < 4.78 is 5.58. The number of fused-ring (bicyclic) bond motifs is 1. The maximum atomic E-state index is 10.2. The number of rotatable bonds is 5. The van der Waals surface area contributed by atoms with Gasteiger partial charge in [-0.2, -0.15) is 5.26 Å². The summed E-state index contributed by atoms with van der Waals surface area (Å²) in [6, 6.07) is 17.3. The maximum Gasteiger partial charge on any atom is 0.119 e. The number of nitrogens with zero attached hydrogens (tertiary/aromatic N) is 2. The molecule has 0 saturated heterocycles. The normalized spacial score (nSPS) is 14.3. The van der Waals surface area contributed by atoms with E-state index in [1.165, 1.54) is 11.3 Å². The SMILES string of the molecule is N#Cc1ccc(OC[C@@H](O)CN2CCc3ccccc32)cc1. The first-order valence-electron chi connectivity index (χ1n) is 7.40. The van der Waals surface area contributed by atoms with E-state index in [1.807, 2.05) is 12.1 Å². The Morgan fingerprint density at radius 1 is 1.18 bits per heavy atom. The Kier molecular flexibility index (Phi) is 4.27. The van der Waals surface area contributed by atoms with Crippen molar-refractivity contribution in [3.05, 3.63) is 59.7 Å². The highest BCUT2D eigenvalue weighted by molar-refractivity contribution is 5.57. The van der Waals surface area contributed by atoms with Gasteiger partial charge in [-0.05, 0) is 42.3 Å². The Labute approximate surface area is 130 Å². The van der Waals surface area contributed by atoms with Crippen LogP contribution in [0.25, 0.3) is 0 Å². The second-order valence-electron chi connectivity index (χ2n) is 5.43. The van der Waals surface area contributed by atoms with E-state index in [2.05, 4.69) is 23.1 Å². The van der Waals surface area contributed by atoms with Crippen molar-refractivity contribution in [2.45, 2.75) is 12.5 Å². The fraction of sp³-hybridized carbons (Fsp3) is 0.278. The summed E-state index contributed by atoms with van der Waals surface area (Å²) in [5.41, 5.74) is 3.14. The summed E-state index contributed by atoms with van der Waals surface area (Å²) in [5, 5.41) is 18.9. The van der Waals surface area contributed by atoms with Crippen LogP contribution in [-0.2, 0) is 6.42 Å². The maximum absolute atomic E-state index is 10.2. The quantitative estimate of drug-likeness (QED) is 0.919. The molecule has 0 bridgehead atoms. The van der Waals surface area contributed by atoms with Crippen molar-refractivity contribution in [2.24, 2.45) is 0 Å². The zero-order valence-electron chi connectivity index (χ0n) is 12.3. The fourth-order valence-electron chi connectivity index (χ4n) is 2.72. The van der Waals surface area contributed by atoms with Crippen molar-refractivity contribution in [1.82, 2.24) is 0 Å². The van der Waals surface area contributed by atoms with E-state index in [4.69, 9.17) is 10.00 Å². The molecule has 1 atom stereocenters. The first-order chi connectivity index (χ1) is 10.8. The van der Waals surface area contributed by atoms with E-state index >= 15 is 0 Å². The van der Waals surface area contributed by atoms with E-state index in [0.717, 1.165) is 13.0 Å². The minimum Gasteiger partial charge on any atom is -0.491 e. The number of hydrogen-bond acceptors (Lipinski definition) is 4. The topological polar surface area (TPSA) is 56.5 Å². The van der Waals surface area contributed by atoms with E-state index in [9.17, 15) is 5.11 Å². The van der Waals surface area contributed by atoms with Crippen LogP contribution in [0.3, 0.4) is 0 Å². The Bertz CT molecular complexity index is 676. The summed E-state index contributed by atoms with van der Waals surface area (Å²) >= 11 is 0. The lowest BCUT2D eigenvalue weighted by Gasteiger charge is -2.23. The van der Waals surface area contributed by atoms with Gasteiger partial charge in [0, 0.05) is 18.8 Å². The van der Waals surface area contributed by atoms with Gasteiger partial charge in [-0.15, -0.1) is 0 Å². The van der Waals surface area contributed by atoms with E-state index < -0.39 is 6.10 Å². The van der Waals surface area contributed by atoms with Crippen molar-refractivity contribution in [3.8, 4) is 11.8 Å². The van der Waals surface area contributed by atoms with Gasteiger partial charge in [-0.25, -0.2) is 0 Å². The van der Waals surface area contributed by atoms with Gasteiger partial charge in [0.2, 0.25) is 0 Å². The van der Waals surface area contributed by atoms with E-state index in [0.29, 0.717) is 17.9 Å². The zero-order valence-corrected chi connectivity index (χ0v) is 12.3. The molecule has 2 aromatic carbocycles. The number of benzene rings is 2. The fourth-order valence-corrected chi connectivity index (χ4v) is 2.72. The molecule has 0 aromatic heterocycles. The molecule has 3 rings (SSSR count). The van der Waals surface area contributed by atoms with Gasteiger partial charge >= 0.3 is 0 Å². The number of hydrogen-bond donors (Lipinski definition) is 1. The average Bonchev–Trinajstić information content (AvgIpc) is 2.97. The lowest BCUT2D eigenvalue weighted by Crippen LogP contribution is -2.34. The molecule has 0 aliphatic carbocycles. The van der Waals surface area contributed by atoms with Crippen LogP contribution in [-0.4, -0.2) is 30.9 Å². The molecule has 0 spiro atoms. The molecule has 0 saturated carbocycles. The minimum absolute atomic E-state index is 0.241. The van der Waals surface area contributed by atoms with Gasteiger partial charge in [-0.1, -0.05) is 18.2 Å². The lowest BCUT2D eigenvalue weighted by atomic mass is 10.2. The largest absolute Gasteiger partial charge is 0.491 e. The molecular weight excluding hydrogens is 276 g/mol. The summed E-state index contributed by atoms with van der Waals surface area (Å²) in [6.45, 7) is 1.74. The van der Waals surface area contributed by atoms with Gasteiger partial charge in [0.15, 0.2) is 0 Å². The number of nitriles is 1. The van der Waals surface area contributed by atoms with Crippen LogP contribution in [0.15, 0.2) is 48.5 Å². The van der Waals surface area contributed by atoms with Crippen molar-refractivity contribution >= 4 is 5.69 Å². The molecule has 0 fully saturated rings. The predicted octanol–water partition coefficient (Wildman–Crippen LogP) is 2.36. The smallest absolute Gasteiger partial charge is 0.119 e. The Morgan fingerprint density at radius 3 is 2.73 bits per heavy atom. The molecule has 4 nitrogen and oxygen atoms in total. The van der Waals surface area contributed by atoms with Gasteiger partial charge in [0.05, 0.1) is 11.6 Å². The predicted molar refractivity (Wildman–Crippen MR) is 85.0 cm³/mol.